The molecular weight excluding hydrogens is 246 g/mol. The van der Waals surface area contributed by atoms with Gasteiger partial charge < -0.3 is 10.1 Å². The minimum Gasteiger partial charge on any atom is -0.377 e. The minimum absolute atomic E-state index is 0.734. The lowest BCUT2D eigenvalue weighted by atomic mass is 10.0. The molecule has 2 rings (SSSR count). The number of ether oxygens (including phenoxy) is 1. The summed E-state index contributed by atoms with van der Waals surface area (Å²) in [5.74, 6) is 0.886. The molecule has 0 spiro atoms. The van der Waals surface area contributed by atoms with Crippen LogP contribution in [0.2, 0.25) is 0 Å². The van der Waals surface area contributed by atoms with Crippen molar-refractivity contribution in [2.24, 2.45) is 5.92 Å². The van der Waals surface area contributed by atoms with Gasteiger partial charge in [-0.05, 0) is 43.4 Å². The Labute approximate surface area is 123 Å². The van der Waals surface area contributed by atoms with E-state index in [4.69, 9.17) is 4.74 Å². The molecule has 0 aromatic heterocycles. The van der Waals surface area contributed by atoms with Crippen LogP contribution in [0, 0.1) is 5.92 Å². The first-order valence-electron chi connectivity index (χ1n) is 8.25. The summed E-state index contributed by atoms with van der Waals surface area (Å²) in [6.45, 7) is 5.71. The van der Waals surface area contributed by atoms with Crippen molar-refractivity contribution in [2.75, 3.05) is 13.2 Å². The Morgan fingerprint density at radius 2 is 1.75 bits per heavy atom. The van der Waals surface area contributed by atoms with Gasteiger partial charge in [-0.25, -0.2) is 0 Å². The minimum atomic E-state index is 0.734. The first kappa shape index (κ1) is 15.5. The van der Waals surface area contributed by atoms with Gasteiger partial charge >= 0.3 is 0 Å². The lowest BCUT2D eigenvalue weighted by Gasteiger charge is -2.16. The SMILES string of the molecule is CCOCc1ccccc1CNCC1CCCCCC1. The summed E-state index contributed by atoms with van der Waals surface area (Å²) in [7, 11) is 0. The molecule has 1 fully saturated rings. The monoisotopic (exact) mass is 275 g/mol. The number of rotatable bonds is 7. The van der Waals surface area contributed by atoms with E-state index in [0.29, 0.717) is 0 Å². The average Bonchev–Trinajstić information content (AvgIpc) is 2.75. The Balaban J connectivity index is 1.77. The first-order valence-corrected chi connectivity index (χ1v) is 8.25. The Bertz CT molecular complexity index is 369. The highest BCUT2D eigenvalue weighted by Gasteiger charge is 2.11. The van der Waals surface area contributed by atoms with Crippen molar-refractivity contribution in [1.29, 1.82) is 0 Å². The van der Waals surface area contributed by atoms with Gasteiger partial charge in [0.1, 0.15) is 0 Å². The third-order valence-corrected chi connectivity index (χ3v) is 4.30. The highest BCUT2D eigenvalue weighted by atomic mass is 16.5. The molecule has 1 aromatic carbocycles. The van der Waals surface area contributed by atoms with Gasteiger partial charge in [-0.15, -0.1) is 0 Å². The van der Waals surface area contributed by atoms with E-state index in [0.717, 1.165) is 25.7 Å². The van der Waals surface area contributed by atoms with Crippen LogP contribution >= 0.6 is 0 Å². The topological polar surface area (TPSA) is 21.3 Å². The summed E-state index contributed by atoms with van der Waals surface area (Å²) in [5.41, 5.74) is 2.71. The lowest BCUT2D eigenvalue weighted by molar-refractivity contribution is 0.133. The van der Waals surface area contributed by atoms with E-state index in [1.807, 2.05) is 6.92 Å². The smallest absolute Gasteiger partial charge is 0.0719 e. The van der Waals surface area contributed by atoms with E-state index in [1.54, 1.807) is 0 Å². The summed E-state index contributed by atoms with van der Waals surface area (Å²) >= 11 is 0. The van der Waals surface area contributed by atoms with Crippen LogP contribution in [0.5, 0.6) is 0 Å². The van der Waals surface area contributed by atoms with Gasteiger partial charge in [-0.1, -0.05) is 49.9 Å². The van der Waals surface area contributed by atoms with Gasteiger partial charge in [-0.3, -0.25) is 0 Å². The molecule has 1 saturated carbocycles. The van der Waals surface area contributed by atoms with Crippen molar-refractivity contribution in [1.82, 2.24) is 5.32 Å². The Morgan fingerprint density at radius 3 is 2.45 bits per heavy atom. The van der Waals surface area contributed by atoms with Crippen molar-refractivity contribution in [3.05, 3.63) is 35.4 Å². The van der Waals surface area contributed by atoms with Gasteiger partial charge in [0.05, 0.1) is 6.61 Å². The van der Waals surface area contributed by atoms with Crippen LogP contribution in [0.4, 0.5) is 0 Å². The molecule has 0 atom stereocenters. The molecule has 1 aliphatic carbocycles. The summed E-state index contributed by atoms with van der Waals surface area (Å²) in [6.07, 6.45) is 8.54. The summed E-state index contributed by atoms with van der Waals surface area (Å²) in [6, 6.07) is 8.62. The molecule has 1 aromatic rings. The number of hydrogen-bond acceptors (Lipinski definition) is 2. The third-order valence-electron chi connectivity index (χ3n) is 4.30. The molecule has 20 heavy (non-hydrogen) atoms. The van der Waals surface area contributed by atoms with Crippen LogP contribution in [0.25, 0.3) is 0 Å². The fraction of sp³-hybridized carbons (Fsp3) is 0.667. The molecular formula is C18H29NO. The number of hydrogen-bond donors (Lipinski definition) is 1. The molecule has 2 heteroatoms. The third kappa shape index (κ3) is 5.26. The maximum Gasteiger partial charge on any atom is 0.0719 e. The molecule has 1 N–H and O–H groups in total. The normalized spacial score (nSPS) is 17.1. The molecule has 0 saturated heterocycles. The second-order valence-electron chi connectivity index (χ2n) is 5.89. The van der Waals surface area contributed by atoms with E-state index in [2.05, 4.69) is 29.6 Å². The molecule has 1 aliphatic rings. The predicted molar refractivity (Wildman–Crippen MR) is 84.7 cm³/mol. The van der Waals surface area contributed by atoms with Crippen LogP contribution in [0.15, 0.2) is 24.3 Å². The van der Waals surface area contributed by atoms with E-state index in [1.165, 1.54) is 56.2 Å². The fourth-order valence-electron chi connectivity index (χ4n) is 3.06. The number of nitrogens with one attached hydrogen (secondary N) is 1. The van der Waals surface area contributed by atoms with E-state index in [9.17, 15) is 0 Å². The van der Waals surface area contributed by atoms with Crippen LogP contribution in [-0.2, 0) is 17.9 Å². The van der Waals surface area contributed by atoms with Gasteiger partial charge in [0, 0.05) is 13.2 Å². The Hall–Kier alpha value is -0.860. The van der Waals surface area contributed by atoms with Crippen molar-refractivity contribution in [2.45, 2.75) is 58.6 Å². The predicted octanol–water partition coefficient (Wildman–Crippen LogP) is 4.28. The summed E-state index contributed by atoms with van der Waals surface area (Å²) < 4.78 is 5.55. The zero-order valence-corrected chi connectivity index (χ0v) is 12.9. The maximum absolute atomic E-state index is 5.55. The summed E-state index contributed by atoms with van der Waals surface area (Å²) in [5, 5.41) is 3.66. The Kier molecular flexibility index (Phi) is 7.10. The molecule has 0 radical (unpaired) electrons. The van der Waals surface area contributed by atoms with E-state index < -0.39 is 0 Å². The quantitative estimate of drug-likeness (QED) is 0.750. The molecule has 2 nitrogen and oxygen atoms in total. The van der Waals surface area contributed by atoms with E-state index >= 15 is 0 Å². The van der Waals surface area contributed by atoms with Gasteiger partial charge in [0.15, 0.2) is 0 Å². The lowest BCUT2D eigenvalue weighted by Crippen LogP contribution is -2.22. The second kappa shape index (κ2) is 9.15. The molecule has 0 heterocycles. The van der Waals surface area contributed by atoms with Crippen molar-refractivity contribution < 1.29 is 4.74 Å². The molecule has 0 amide bonds. The molecule has 0 bridgehead atoms. The maximum atomic E-state index is 5.55. The zero-order chi connectivity index (χ0) is 14.0. The van der Waals surface area contributed by atoms with Crippen LogP contribution in [0.3, 0.4) is 0 Å². The van der Waals surface area contributed by atoms with Crippen LogP contribution in [0.1, 0.15) is 56.6 Å². The highest BCUT2D eigenvalue weighted by molar-refractivity contribution is 5.26. The van der Waals surface area contributed by atoms with Crippen LogP contribution in [-0.4, -0.2) is 13.2 Å². The standard InChI is InChI=1S/C18H29NO/c1-2-20-15-18-12-8-7-11-17(18)14-19-13-16-9-5-3-4-6-10-16/h7-8,11-12,16,19H,2-6,9-10,13-15H2,1H3. The highest BCUT2D eigenvalue weighted by Crippen LogP contribution is 2.22. The van der Waals surface area contributed by atoms with Crippen molar-refractivity contribution >= 4 is 0 Å². The average molecular weight is 275 g/mol. The van der Waals surface area contributed by atoms with Crippen LogP contribution < -0.4 is 5.32 Å². The molecule has 0 aliphatic heterocycles. The number of benzene rings is 1. The fourth-order valence-corrected chi connectivity index (χ4v) is 3.06. The zero-order valence-electron chi connectivity index (χ0n) is 12.9. The van der Waals surface area contributed by atoms with Crippen molar-refractivity contribution in [3.63, 3.8) is 0 Å². The summed E-state index contributed by atoms with van der Waals surface area (Å²) in [4.78, 5) is 0. The first-order chi connectivity index (χ1) is 9.90. The van der Waals surface area contributed by atoms with Gasteiger partial charge in [0.25, 0.3) is 0 Å². The van der Waals surface area contributed by atoms with E-state index in [-0.39, 0.29) is 0 Å². The van der Waals surface area contributed by atoms with Crippen molar-refractivity contribution in [3.8, 4) is 0 Å². The largest absolute Gasteiger partial charge is 0.377 e. The second-order valence-corrected chi connectivity index (χ2v) is 5.89. The molecule has 0 unspecified atom stereocenters. The van der Waals surface area contributed by atoms with Gasteiger partial charge in [0.2, 0.25) is 0 Å². The Morgan fingerprint density at radius 1 is 1.05 bits per heavy atom. The molecule has 112 valence electrons. The van der Waals surface area contributed by atoms with Gasteiger partial charge in [-0.2, -0.15) is 0 Å².